The standard InChI is InChI=1S/C16H4N8/c17-1-7-9(3-19)15(23)12(6-22)14-8(2-18)10(4-20)16(24)11(5-21)13(7)14/h23-24H2. The maximum absolute atomic E-state index is 9.40. The minimum Gasteiger partial charge on any atom is -0.397 e. The molecule has 0 amide bonds. The minimum atomic E-state index is -0.293. The molecule has 0 unspecified atom stereocenters. The second-order valence-electron chi connectivity index (χ2n) is 4.50. The van der Waals surface area contributed by atoms with Crippen LogP contribution >= 0.6 is 0 Å². The van der Waals surface area contributed by atoms with Crippen LogP contribution in [0.1, 0.15) is 33.4 Å². The number of nitrogens with two attached hydrogens (primary N) is 2. The fourth-order valence-electron chi connectivity index (χ4n) is 2.48. The largest absolute Gasteiger partial charge is 0.397 e. The predicted octanol–water partition coefficient (Wildman–Crippen LogP) is 1.23. The van der Waals surface area contributed by atoms with Crippen molar-refractivity contribution in [2.24, 2.45) is 0 Å². The number of hydrogen-bond donors (Lipinski definition) is 2. The first-order chi connectivity index (χ1) is 11.5. The Balaban J connectivity index is 3.53. The molecule has 0 atom stereocenters. The molecule has 2 rings (SSSR count). The van der Waals surface area contributed by atoms with Gasteiger partial charge in [0.1, 0.15) is 36.4 Å². The lowest BCUT2D eigenvalue weighted by atomic mass is 9.85. The Morgan fingerprint density at radius 3 is 0.875 bits per heavy atom. The second-order valence-corrected chi connectivity index (χ2v) is 4.50. The molecule has 0 aliphatic heterocycles. The Bertz CT molecular complexity index is 1080. The molecule has 0 saturated heterocycles. The lowest BCUT2D eigenvalue weighted by Crippen LogP contribution is -2.07. The molecule has 2 aromatic rings. The summed E-state index contributed by atoms with van der Waals surface area (Å²) in [7, 11) is 0. The van der Waals surface area contributed by atoms with Crippen LogP contribution in [-0.2, 0) is 0 Å². The van der Waals surface area contributed by atoms with Gasteiger partial charge in [0.2, 0.25) is 0 Å². The van der Waals surface area contributed by atoms with E-state index in [4.69, 9.17) is 11.5 Å². The fraction of sp³-hybridized carbons (Fsp3) is 0. The summed E-state index contributed by atoms with van der Waals surface area (Å²) in [6.45, 7) is 0. The third-order valence-corrected chi connectivity index (χ3v) is 3.50. The lowest BCUT2D eigenvalue weighted by molar-refractivity contribution is 1.40. The Morgan fingerprint density at radius 2 is 0.667 bits per heavy atom. The number of hydrogen-bond acceptors (Lipinski definition) is 8. The van der Waals surface area contributed by atoms with Gasteiger partial charge in [0.05, 0.1) is 44.8 Å². The smallest absolute Gasteiger partial charge is 0.103 e. The molecule has 0 aliphatic carbocycles. The molecule has 0 saturated carbocycles. The number of nitrogens with zero attached hydrogens (tertiary/aromatic N) is 6. The van der Waals surface area contributed by atoms with Gasteiger partial charge in [-0.25, -0.2) is 0 Å². The molecule has 0 fully saturated rings. The van der Waals surface area contributed by atoms with Gasteiger partial charge in [-0.05, 0) is 0 Å². The molecule has 0 aliphatic rings. The number of rotatable bonds is 0. The maximum Gasteiger partial charge on any atom is 0.103 e. The molecule has 0 bridgehead atoms. The zero-order chi connectivity index (χ0) is 18.0. The Hall–Kier alpha value is -4.76. The van der Waals surface area contributed by atoms with E-state index in [0.29, 0.717) is 0 Å². The normalized spacial score (nSPS) is 8.92. The molecule has 24 heavy (non-hydrogen) atoms. The van der Waals surface area contributed by atoms with E-state index < -0.39 is 0 Å². The van der Waals surface area contributed by atoms with Gasteiger partial charge in [-0.2, -0.15) is 31.6 Å². The molecular formula is C16H4N8. The first-order valence-electron chi connectivity index (χ1n) is 6.17. The highest BCUT2D eigenvalue weighted by molar-refractivity contribution is 6.08. The summed E-state index contributed by atoms with van der Waals surface area (Å²) in [6, 6.07) is 10.5. The van der Waals surface area contributed by atoms with Crippen LogP contribution in [0.4, 0.5) is 11.4 Å². The van der Waals surface area contributed by atoms with Gasteiger partial charge in [0.15, 0.2) is 0 Å². The Morgan fingerprint density at radius 1 is 0.417 bits per heavy atom. The van der Waals surface area contributed by atoms with Gasteiger partial charge in [-0.15, -0.1) is 0 Å². The van der Waals surface area contributed by atoms with E-state index in [2.05, 4.69) is 0 Å². The van der Waals surface area contributed by atoms with Gasteiger partial charge in [0.25, 0.3) is 0 Å². The van der Waals surface area contributed by atoms with Crippen LogP contribution < -0.4 is 11.5 Å². The second kappa shape index (κ2) is 5.55. The highest BCUT2D eigenvalue weighted by Gasteiger charge is 2.27. The molecular weight excluding hydrogens is 304 g/mol. The summed E-state index contributed by atoms with van der Waals surface area (Å²) in [5.74, 6) is 0. The highest BCUT2D eigenvalue weighted by Crippen LogP contribution is 2.39. The third kappa shape index (κ3) is 1.73. The fourth-order valence-corrected chi connectivity index (χ4v) is 2.48. The predicted molar refractivity (Wildman–Crippen MR) is 81.1 cm³/mol. The first kappa shape index (κ1) is 15.6. The quantitative estimate of drug-likeness (QED) is 0.677. The van der Waals surface area contributed by atoms with Crippen LogP contribution in [0.15, 0.2) is 0 Å². The first-order valence-corrected chi connectivity index (χ1v) is 6.17. The van der Waals surface area contributed by atoms with Gasteiger partial charge >= 0.3 is 0 Å². The Kier molecular flexibility index (Phi) is 3.62. The average Bonchev–Trinajstić information content (AvgIpc) is 2.59. The van der Waals surface area contributed by atoms with Crippen molar-refractivity contribution in [1.82, 2.24) is 0 Å². The van der Waals surface area contributed by atoms with Gasteiger partial charge in [-0.1, -0.05) is 0 Å². The summed E-state index contributed by atoms with van der Waals surface area (Å²) in [5.41, 5.74) is 9.36. The van der Waals surface area contributed by atoms with Crippen molar-refractivity contribution in [1.29, 1.82) is 31.6 Å². The van der Waals surface area contributed by atoms with E-state index in [1.807, 2.05) is 0 Å². The Labute approximate surface area is 135 Å². The monoisotopic (exact) mass is 308 g/mol. The van der Waals surface area contributed by atoms with Crippen molar-refractivity contribution >= 4 is 22.1 Å². The molecule has 0 aromatic heterocycles. The van der Waals surface area contributed by atoms with E-state index in [1.54, 1.807) is 36.4 Å². The average molecular weight is 308 g/mol. The topological polar surface area (TPSA) is 195 Å². The van der Waals surface area contributed by atoms with Crippen molar-refractivity contribution in [3.8, 4) is 36.4 Å². The molecule has 0 radical (unpaired) electrons. The van der Waals surface area contributed by atoms with E-state index in [0.717, 1.165) is 0 Å². The SMILES string of the molecule is N#Cc1c(N)c(C#N)c2c(C#N)c(C#N)c(N)c(C#N)c2c1C#N. The van der Waals surface area contributed by atoms with E-state index in [9.17, 15) is 31.6 Å². The van der Waals surface area contributed by atoms with Crippen molar-refractivity contribution in [2.75, 3.05) is 11.5 Å². The number of nitrogen functional groups attached to an aromatic ring is 2. The highest BCUT2D eigenvalue weighted by atomic mass is 14.6. The van der Waals surface area contributed by atoms with Crippen LogP contribution in [0, 0.1) is 68.0 Å². The van der Waals surface area contributed by atoms with Crippen LogP contribution in [0.2, 0.25) is 0 Å². The van der Waals surface area contributed by atoms with Crippen LogP contribution in [0.3, 0.4) is 0 Å². The zero-order valence-electron chi connectivity index (χ0n) is 11.8. The number of benzene rings is 2. The van der Waals surface area contributed by atoms with Crippen molar-refractivity contribution in [2.45, 2.75) is 0 Å². The van der Waals surface area contributed by atoms with Crippen LogP contribution in [0.5, 0.6) is 0 Å². The molecule has 8 nitrogen and oxygen atoms in total. The molecule has 0 spiro atoms. The minimum absolute atomic E-state index is 0.129. The molecule has 108 valence electrons. The van der Waals surface area contributed by atoms with Crippen molar-refractivity contribution < 1.29 is 0 Å². The number of fused-ring (bicyclic) bond motifs is 1. The molecule has 0 heterocycles. The molecule has 2 aromatic carbocycles. The molecule has 4 N–H and O–H groups in total. The maximum atomic E-state index is 9.40. The van der Waals surface area contributed by atoms with Crippen LogP contribution in [0.25, 0.3) is 10.8 Å². The summed E-state index contributed by atoms with van der Waals surface area (Å²) >= 11 is 0. The summed E-state index contributed by atoms with van der Waals surface area (Å²) in [6.07, 6.45) is 0. The van der Waals surface area contributed by atoms with E-state index in [1.165, 1.54) is 0 Å². The van der Waals surface area contributed by atoms with Gasteiger partial charge in [0, 0.05) is 10.8 Å². The van der Waals surface area contributed by atoms with Crippen LogP contribution in [-0.4, -0.2) is 0 Å². The zero-order valence-corrected chi connectivity index (χ0v) is 11.8. The van der Waals surface area contributed by atoms with Gasteiger partial charge in [-0.3, -0.25) is 0 Å². The molecule has 8 heteroatoms. The van der Waals surface area contributed by atoms with E-state index in [-0.39, 0.29) is 55.5 Å². The lowest BCUT2D eigenvalue weighted by Gasteiger charge is -2.14. The summed E-state index contributed by atoms with van der Waals surface area (Å²) in [4.78, 5) is 0. The van der Waals surface area contributed by atoms with Gasteiger partial charge < -0.3 is 11.5 Å². The number of nitriles is 6. The summed E-state index contributed by atoms with van der Waals surface area (Å²) in [5, 5.41) is 55.8. The number of anilines is 2. The summed E-state index contributed by atoms with van der Waals surface area (Å²) < 4.78 is 0. The third-order valence-electron chi connectivity index (χ3n) is 3.50. The van der Waals surface area contributed by atoms with Crippen molar-refractivity contribution in [3.05, 3.63) is 33.4 Å². The van der Waals surface area contributed by atoms with E-state index >= 15 is 0 Å². The van der Waals surface area contributed by atoms with Crippen molar-refractivity contribution in [3.63, 3.8) is 0 Å².